The van der Waals surface area contributed by atoms with Crippen molar-refractivity contribution in [3.63, 3.8) is 0 Å². The Morgan fingerprint density at radius 3 is 3.06 bits per heavy atom. The van der Waals surface area contributed by atoms with Gasteiger partial charge >= 0.3 is 6.09 Å². The van der Waals surface area contributed by atoms with Gasteiger partial charge in [-0.05, 0) is 24.6 Å². The lowest BCUT2D eigenvalue weighted by Crippen LogP contribution is -2.49. The van der Waals surface area contributed by atoms with E-state index in [1.807, 2.05) is 13.0 Å². The lowest BCUT2D eigenvalue weighted by molar-refractivity contribution is 0.130. The molecule has 0 saturated carbocycles. The number of benzene rings is 1. The fourth-order valence-electron chi connectivity index (χ4n) is 1.99. The van der Waals surface area contributed by atoms with Crippen molar-refractivity contribution in [1.29, 1.82) is 0 Å². The highest BCUT2D eigenvalue weighted by Gasteiger charge is 2.30. The number of halogens is 1. The second-order valence-corrected chi connectivity index (χ2v) is 4.53. The monoisotopic (exact) mass is 254 g/mol. The van der Waals surface area contributed by atoms with E-state index in [0.29, 0.717) is 18.2 Å². The number of carbonyl (C=O) groups excluding carboxylic acids is 1. The maximum atomic E-state index is 11.8. The zero-order valence-electron chi connectivity index (χ0n) is 9.65. The van der Waals surface area contributed by atoms with Gasteiger partial charge in [-0.25, -0.2) is 4.79 Å². The summed E-state index contributed by atoms with van der Waals surface area (Å²) in [7, 11) is 0. The number of anilines is 1. The highest BCUT2D eigenvalue weighted by atomic mass is 35.5. The predicted octanol–water partition coefficient (Wildman–Crippen LogP) is 2.32. The van der Waals surface area contributed by atoms with Crippen LogP contribution in [0.15, 0.2) is 18.2 Å². The topological polar surface area (TPSA) is 55.6 Å². The van der Waals surface area contributed by atoms with Crippen LogP contribution in [0.25, 0.3) is 0 Å². The number of carbonyl (C=O) groups is 1. The summed E-state index contributed by atoms with van der Waals surface area (Å²) in [5.74, 6) is 0. The second kappa shape index (κ2) is 4.94. The van der Waals surface area contributed by atoms with Crippen LogP contribution < -0.4 is 10.6 Å². The molecular weight excluding hydrogens is 240 g/mol. The van der Waals surface area contributed by atoms with E-state index in [9.17, 15) is 4.79 Å². The van der Waals surface area contributed by atoms with Gasteiger partial charge in [0.1, 0.15) is 0 Å². The summed E-state index contributed by atoms with van der Waals surface area (Å²) in [6, 6.07) is 5.43. The molecule has 4 nitrogen and oxygen atoms in total. The van der Waals surface area contributed by atoms with Crippen LogP contribution in [-0.4, -0.2) is 25.3 Å². The second-order valence-electron chi connectivity index (χ2n) is 4.09. The van der Waals surface area contributed by atoms with E-state index < -0.39 is 0 Å². The summed E-state index contributed by atoms with van der Waals surface area (Å²) in [4.78, 5) is 13.4. The molecule has 2 N–H and O–H groups in total. The number of nitrogens with two attached hydrogens (primary N) is 1. The summed E-state index contributed by atoms with van der Waals surface area (Å²) in [6.07, 6.45) is 0.394. The fourth-order valence-corrected chi connectivity index (χ4v) is 2.16. The Hall–Kier alpha value is -1.26. The minimum absolute atomic E-state index is 0.0200. The first-order valence-electron chi connectivity index (χ1n) is 5.55. The van der Waals surface area contributed by atoms with Crippen molar-refractivity contribution in [2.45, 2.75) is 19.4 Å². The van der Waals surface area contributed by atoms with Crippen LogP contribution in [0.5, 0.6) is 0 Å². The van der Waals surface area contributed by atoms with Gasteiger partial charge in [-0.15, -0.1) is 0 Å². The number of nitrogens with zero attached hydrogens (tertiary/aromatic N) is 1. The molecule has 17 heavy (non-hydrogen) atoms. The molecule has 2 rings (SSSR count). The van der Waals surface area contributed by atoms with Gasteiger partial charge in [0.25, 0.3) is 0 Å². The van der Waals surface area contributed by atoms with Gasteiger partial charge in [-0.3, -0.25) is 4.90 Å². The Morgan fingerprint density at radius 1 is 1.59 bits per heavy atom. The first kappa shape index (κ1) is 12.2. The SMILES string of the molecule is Cc1ccc(Cl)cc1N1C(=O)OCCC1CN. The Morgan fingerprint density at radius 2 is 2.35 bits per heavy atom. The van der Waals surface area contributed by atoms with Crippen molar-refractivity contribution in [3.05, 3.63) is 28.8 Å². The maximum absolute atomic E-state index is 11.8. The quantitative estimate of drug-likeness (QED) is 0.881. The van der Waals surface area contributed by atoms with Crippen LogP contribution in [-0.2, 0) is 4.74 Å². The predicted molar refractivity (Wildman–Crippen MR) is 67.5 cm³/mol. The number of hydrogen-bond donors (Lipinski definition) is 1. The highest BCUT2D eigenvalue weighted by molar-refractivity contribution is 6.31. The van der Waals surface area contributed by atoms with Crippen LogP contribution in [0.1, 0.15) is 12.0 Å². The fraction of sp³-hybridized carbons (Fsp3) is 0.417. The Bertz CT molecular complexity index is 437. The summed E-state index contributed by atoms with van der Waals surface area (Å²) >= 11 is 5.96. The highest BCUT2D eigenvalue weighted by Crippen LogP contribution is 2.29. The van der Waals surface area contributed by atoms with Gasteiger partial charge in [0.05, 0.1) is 18.3 Å². The third kappa shape index (κ3) is 2.37. The van der Waals surface area contributed by atoms with Gasteiger partial charge < -0.3 is 10.5 Å². The Balaban J connectivity index is 2.41. The molecule has 0 aromatic heterocycles. The number of ether oxygens (including phenoxy) is 1. The first-order valence-corrected chi connectivity index (χ1v) is 5.93. The third-order valence-corrected chi connectivity index (χ3v) is 3.18. The molecule has 1 amide bonds. The summed E-state index contributed by atoms with van der Waals surface area (Å²) in [5.41, 5.74) is 7.45. The lowest BCUT2D eigenvalue weighted by atomic mass is 10.1. The molecule has 1 atom stereocenters. The molecule has 1 saturated heterocycles. The van der Waals surface area contributed by atoms with Crippen LogP contribution in [0.2, 0.25) is 5.02 Å². The molecule has 1 aliphatic heterocycles. The molecule has 0 aliphatic carbocycles. The average molecular weight is 255 g/mol. The van der Waals surface area contributed by atoms with E-state index in [1.165, 1.54) is 0 Å². The maximum Gasteiger partial charge on any atom is 0.414 e. The molecule has 1 heterocycles. The van der Waals surface area contributed by atoms with Crippen molar-refractivity contribution >= 4 is 23.4 Å². The first-order chi connectivity index (χ1) is 8.13. The summed E-state index contributed by atoms with van der Waals surface area (Å²) < 4.78 is 5.06. The van der Waals surface area contributed by atoms with Crippen LogP contribution >= 0.6 is 11.6 Å². The normalized spacial score (nSPS) is 20.3. The molecule has 0 radical (unpaired) electrons. The number of amides is 1. The minimum atomic E-state index is -0.350. The molecule has 1 unspecified atom stereocenters. The van der Waals surface area contributed by atoms with Gasteiger partial charge in [0.2, 0.25) is 0 Å². The zero-order valence-corrected chi connectivity index (χ0v) is 10.4. The molecule has 5 heteroatoms. The van der Waals surface area contributed by atoms with E-state index in [1.54, 1.807) is 17.0 Å². The van der Waals surface area contributed by atoms with Gasteiger partial charge in [-0.2, -0.15) is 0 Å². The third-order valence-electron chi connectivity index (χ3n) is 2.94. The smallest absolute Gasteiger partial charge is 0.414 e. The zero-order chi connectivity index (χ0) is 12.4. The molecule has 1 aliphatic rings. The van der Waals surface area contributed by atoms with E-state index in [2.05, 4.69) is 0 Å². The summed E-state index contributed by atoms with van der Waals surface area (Å²) in [5, 5.41) is 0.597. The van der Waals surface area contributed by atoms with E-state index in [0.717, 1.165) is 17.7 Å². The standard InChI is InChI=1S/C12H15ClN2O2/c1-8-2-3-9(13)6-11(8)15-10(7-14)4-5-17-12(15)16/h2-3,6,10H,4-5,7,14H2,1H3. The van der Waals surface area contributed by atoms with Crippen molar-refractivity contribution in [2.24, 2.45) is 5.73 Å². The van der Waals surface area contributed by atoms with Crippen LogP contribution in [0.3, 0.4) is 0 Å². The lowest BCUT2D eigenvalue weighted by Gasteiger charge is -2.35. The number of hydrogen-bond acceptors (Lipinski definition) is 3. The van der Waals surface area contributed by atoms with Gasteiger partial charge in [0, 0.05) is 18.0 Å². The van der Waals surface area contributed by atoms with Gasteiger partial charge in [0.15, 0.2) is 0 Å². The van der Waals surface area contributed by atoms with Crippen LogP contribution in [0.4, 0.5) is 10.5 Å². The number of rotatable bonds is 2. The number of aryl methyl sites for hydroxylation is 1. The summed E-state index contributed by atoms with van der Waals surface area (Å²) in [6.45, 7) is 2.78. The van der Waals surface area contributed by atoms with E-state index in [-0.39, 0.29) is 12.1 Å². The molecule has 0 bridgehead atoms. The van der Waals surface area contributed by atoms with Gasteiger partial charge in [-0.1, -0.05) is 17.7 Å². The van der Waals surface area contributed by atoms with Crippen molar-refractivity contribution in [1.82, 2.24) is 0 Å². The Kier molecular flexibility index (Phi) is 3.54. The number of cyclic esters (lactones) is 1. The van der Waals surface area contributed by atoms with E-state index >= 15 is 0 Å². The molecule has 1 fully saturated rings. The molecular formula is C12H15ClN2O2. The average Bonchev–Trinajstić information content (AvgIpc) is 2.32. The molecule has 92 valence electrons. The van der Waals surface area contributed by atoms with Crippen molar-refractivity contribution < 1.29 is 9.53 Å². The minimum Gasteiger partial charge on any atom is -0.449 e. The van der Waals surface area contributed by atoms with Crippen molar-refractivity contribution in [3.8, 4) is 0 Å². The molecule has 1 aromatic carbocycles. The van der Waals surface area contributed by atoms with Crippen LogP contribution in [0, 0.1) is 6.92 Å². The largest absolute Gasteiger partial charge is 0.449 e. The molecule has 1 aromatic rings. The Labute approximate surface area is 105 Å². The molecule has 0 spiro atoms. The van der Waals surface area contributed by atoms with Crippen molar-refractivity contribution in [2.75, 3.05) is 18.1 Å². The van der Waals surface area contributed by atoms with E-state index in [4.69, 9.17) is 22.1 Å².